The number of rotatable bonds is 3. The Morgan fingerprint density at radius 1 is 0.889 bits per heavy atom. The van der Waals surface area contributed by atoms with Crippen LogP contribution in [0, 0.1) is 0 Å². The predicted molar refractivity (Wildman–Crippen MR) is 86.1 cm³/mol. The van der Waals surface area contributed by atoms with Gasteiger partial charge in [0.05, 0.1) is 17.7 Å². The monoisotopic (exact) mass is 404 g/mol. The van der Waals surface area contributed by atoms with Crippen LogP contribution in [0.4, 0.5) is 26.3 Å². The van der Waals surface area contributed by atoms with Crippen molar-refractivity contribution < 1.29 is 26.3 Å². The fraction of sp³-hybridized carbons (Fsp3) is 0.188. The molecule has 0 aliphatic carbocycles. The van der Waals surface area contributed by atoms with Gasteiger partial charge in [-0.1, -0.05) is 5.21 Å². The number of pyridine rings is 1. The van der Waals surface area contributed by atoms with E-state index in [1.165, 1.54) is 17.1 Å². The van der Waals surface area contributed by atoms with Crippen LogP contribution in [0.3, 0.4) is 0 Å². The summed E-state index contributed by atoms with van der Waals surface area (Å²) in [5.74, 6) is 0. The van der Waals surface area contributed by atoms with Crippen LogP contribution < -0.4 is 0 Å². The van der Waals surface area contributed by atoms with Crippen molar-refractivity contribution in [1.82, 2.24) is 20.0 Å². The minimum atomic E-state index is -4.92. The summed E-state index contributed by atoms with van der Waals surface area (Å²) in [6.45, 7) is -0.349. The molecule has 3 rings (SSSR count). The molecule has 2 aromatic heterocycles. The fourth-order valence-corrected chi connectivity index (χ4v) is 2.77. The molecular formula is C16H10F6N4S. The highest BCUT2D eigenvalue weighted by Crippen LogP contribution is 2.36. The number of thiol groups is 1. The SMILES string of the molecule is FC(F)(F)c1cc(Cn2nnc(S)c2-c2ccncc2)cc(C(F)(F)F)c1. The highest BCUT2D eigenvalue weighted by Gasteiger charge is 2.37. The zero-order valence-corrected chi connectivity index (χ0v) is 14.1. The maximum Gasteiger partial charge on any atom is 0.416 e. The predicted octanol–water partition coefficient (Wildman–Crippen LogP) is 4.71. The van der Waals surface area contributed by atoms with Gasteiger partial charge in [-0.25, -0.2) is 4.68 Å². The number of aromatic nitrogens is 4. The summed E-state index contributed by atoms with van der Waals surface area (Å²) in [5.41, 5.74) is -2.06. The lowest BCUT2D eigenvalue weighted by atomic mass is 10.0. The first-order chi connectivity index (χ1) is 12.6. The molecule has 0 saturated heterocycles. The average Bonchev–Trinajstić information content (AvgIpc) is 2.94. The van der Waals surface area contributed by atoms with Gasteiger partial charge in [0.2, 0.25) is 0 Å². The molecule has 0 aliphatic rings. The van der Waals surface area contributed by atoms with E-state index in [1.54, 1.807) is 12.1 Å². The van der Waals surface area contributed by atoms with Crippen molar-refractivity contribution in [2.75, 3.05) is 0 Å². The van der Waals surface area contributed by atoms with Crippen LogP contribution in [0.5, 0.6) is 0 Å². The quantitative estimate of drug-likeness (QED) is 0.508. The number of benzene rings is 1. The molecule has 4 nitrogen and oxygen atoms in total. The summed E-state index contributed by atoms with van der Waals surface area (Å²) in [4.78, 5) is 3.85. The van der Waals surface area contributed by atoms with Gasteiger partial charge in [0.15, 0.2) is 0 Å². The van der Waals surface area contributed by atoms with Crippen molar-refractivity contribution in [3.05, 3.63) is 59.4 Å². The van der Waals surface area contributed by atoms with Gasteiger partial charge in [-0.15, -0.1) is 17.7 Å². The van der Waals surface area contributed by atoms with Crippen LogP contribution in [0.2, 0.25) is 0 Å². The van der Waals surface area contributed by atoms with E-state index < -0.39 is 23.5 Å². The molecule has 0 saturated carbocycles. The van der Waals surface area contributed by atoms with Crippen LogP contribution in [0.15, 0.2) is 47.8 Å². The first kappa shape index (κ1) is 19.2. The summed E-state index contributed by atoms with van der Waals surface area (Å²) in [6, 6.07) is 4.60. The highest BCUT2D eigenvalue weighted by molar-refractivity contribution is 7.80. The van der Waals surface area contributed by atoms with E-state index in [0.29, 0.717) is 23.4 Å². The number of alkyl halides is 6. The Kier molecular flexibility index (Phi) is 4.89. The molecule has 0 amide bonds. The van der Waals surface area contributed by atoms with E-state index in [4.69, 9.17) is 0 Å². The average molecular weight is 404 g/mol. The molecular weight excluding hydrogens is 394 g/mol. The van der Waals surface area contributed by atoms with Crippen LogP contribution in [-0.4, -0.2) is 20.0 Å². The lowest BCUT2D eigenvalue weighted by Crippen LogP contribution is -2.13. The van der Waals surface area contributed by atoms with Gasteiger partial charge >= 0.3 is 12.4 Å². The van der Waals surface area contributed by atoms with Gasteiger partial charge in [0, 0.05) is 18.0 Å². The smallest absolute Gasteiger partial charge is 0.265 e. The Morgan fingerprint density at radius 3 is 1.96 bits per heavy atom. The van der Waals surface area contributed by atoms with E-state index in [9.17, 15) is 26.3 Å². The second-order valence-corrected chi connectivity index (χ2v) is 5.99. The number of halogens is 6. The zero-order chi connectivity index (χ0) is 19.8. The van der Waals surface area contributed by atoms with Crippen LogP contribution >= 0.6 is 12.6 Å². The van der Waals surface area contributed by atoms with E-state index in [0.717, 1.165) is 0 Å². The van der Waals surface area contributed by atoms with Gasteiger partial charge in [0.25, 0.3) is 0 Å². The van der Waals surface area contributed by atoms with Crippen molar-refractivity contribution >= 4 is 12.6 Å². The number of nitrogens with zero attached hydrogens (tertiary/aromatic N) is 4. The highest BCUT2D eigenvalue weighted by atomic mass is 32.1. The normalized spacial score (nSPS) is 12.4. The van der Waals surface area contributed by atoms with Crippen LogP contribution in [0.25, 0.3) is 11.3 Å². The molecule has 0 aliphatic heterocycles. The molecule has 1 aromatic carbocycles. The van der Waals surface area contributed by atoms with Crippen LogP contribution in [0.1, 0.15) is 16.7 Å². The Morgan fingerprint density at radius 2 is 1.44 bits per heavy atom. The molecule has 3 aromatic rings. The minimum absolute atomic E-state index is 0.0820. The fourth-order valence-electron chi connectivity index (χ4n) is 2.49. The third-order valence-electron chi connectivity index (χ3n) is 3.65. The van der Waals surface area contributed by atoms with Gasteiger partial charge < -0.3 is 0 Å². The summed E-state index contributed by atoms with van der Waals surface area (Å²) >= 11 is 4.15. The first-order valence-electron chi connectivity index (χ1n) is 7.37. The van der Waals surface area contributed by atoms with Crippen molar-refractivity contribution in [2.45, 2.75) is 23.9 Å². The Bertz CT molecular complexity index is 918. The molecule has 0 atom stereocenters. The van der Waals surface area contributed by atoms with Gasteiger partial charge in [-0.3, -0.25) is 4.98 Å². The lowest BCUT2D eigenvalue weighted by Gasteiger charge is -2.15. The molecule has 0 N–H and O–H groups in total. The Labute approximate surface area is 154 Å². The van der Waals surface area contributed by atoms with Crippen molar-refractivity contribution in [3.63, 3.8) is 0 Å². The van der Waals surface area contributed by atoms with E-state index in [-0.39, 0.29) is 23.2 Å². The standard InChI is InChI=1S/C16H10F6N4S/c17-15(18,19)11-5-9(6-12(7-11)16(20,21)22)8-26-13(14(27)24-25-26)10-1-3-23-4-2-10/h1-7,27H,8H2. The largest absolute Gasteiger partial charge is 0.416 e. The molecule has 2 heterocycles. The Balaban J connectivity index is 2.07. The van der Waals surface area contributed by atoms with E-state index in [1.807, 2.05) is 0 Å². The number of hydrogen-bond donors (Lipinski definition) is 1. The van der Waals surface area contributed by atoms with Gasteiger partial charge in [0.1, 0.15) is 10.7 Å². The number of hydrogen-bond acceptors (Lipinski definition) is 4. The third-order valence-corrected chi connectivity index (χ3v) is 3.95. The van der Waals surface area contributed by atoms with Gasteiger partial charge in [-0.05, 0) is 35.9 Å². The van der Waals surface area contributed by atoms with E-state index >= 15 is 0 Å². The van der Waals surface area contributed by atoms with Gasteiger partial charge in [-0.2, -0.15) is 26.3 Å². The molecule has 0 radical (unpaired) electrons. The molecule has 0 unspecified atom stereocenters. The minimum Gasteiger partial charge on any atom is -0.265 e. The zero-order valence-electron chi connectivity index (χ0n) is 13.3. The Hall–Kier alpha value is -2.56. The molecule has 142 valence electrons. The lowest BCUT2D eigenvalue weighted by molar-refractivity contribution is -0.143. The first-order valence-corrected chi connectivity index (χ1v) is 7.81. The van der Waals surface area contributed by atoms with Crippen LogP contribution in [-0.2, 0) is 18.9 Å². The summed E-state index contributed by atoms with van der Waals surface area (Å²) < 4.78 is 79.2. The molecule has 0 bridgehead atoms. The molecule has 11 heteroatoms. The summed E-state index contributed by atoms with van der Waals surface area (Å²) in [7, 11) is 0. The second kappa shape index (κ2) is 6.87. The maximum atomic E-state index is 13.0. The summed E-state index contributed by atoms with van der Waals surface area (Å²) in [5, 5.41) is 7.71. The topological polar surface area (TPSA) is 43.6 Å². The summed E-state index contributed by atoms with van der Waals surface area (Å²) in [6.07, 6.45) is -6.88. The third kappa shape index (κ3) is 4.24. The van der Waals surface area contributed by atoms with Crippen molar-refractivity contribution in [2.24, 2.45) is 0 Å². The molecule has 27 heavy (non-hydrogen) atoms. The maximum absolute atomic E-state index is 13.0. The van der Waals surface area contributed by atoms with Crippen molar-refractivity contribution in [3.8, 4) is 11.3 Å². The second-order valence-electron chi connectivity index (χ2n) is 5.57. The molecule has 0 spiro atoms. The van der Waals surface area contributed by atoms with E-state index in [2.05, 4.69) is 27.9 Å². The van der Waals surface area contributed by atoms with Crippen molar-refractivity contribution in [1.29, 1.82) is 0 Å². The molecule has 0 fully saturated rings.